The van der Waals surface area contributed by atoms with Crippen molar-refractivity contribution >= 4 is 52.2 Å². The van der Waals surface area contributed by atoms with Gasteiger partial charge in [-0.25, -0.2) is 5.43 Å². The number of carbonyl (C=O) groups excluding carboxylic acids is 2. The summed E-state index contributed by atoms with van der Waals surface area (Å²) in [5.74, 6) is 0.246. The van der Waals surface area contributed by atoms with Crippen LogP contribution in [0.25, 0.3) is 0 Å². The van der Waals surface area contributed by atoms with Crippen LogP contribution in [0, 0.1) is 9.49 Å². The summed E-state index contributed by atoms with van der Waals surface area (Å²) < 4.78 is 12.3. The Hall–Kier alpha value is -3.11. The molecule has 3 rings (SSSR count). The third-order valence-electron chi connectivity index (χ3n) is 5.21. The molecule has 188 valence electrons. The molecule has 0 fully saturated rings. The minimum atomic E-state index is -0.770. The van der Waals surface area contributed by atoms with Crippen LogP contribution in [0.1, 0.15) is 35.3 Å². The summed E-state index contributed by atoms with van der Waals surface area (Å²) in [4.78, 5) is 25.3. The number of ether oxygens (including phenoxy) is 2. The second-order valence-electron chi connectivity index (χ2n) is 8.24. The number of halogens is 2. The van der Waals surface area contributed by atoms with Crippen molar-refractivity contribution in [2.75, 3.05) is 7.11 Å². The molecule has 3 aromatic rings. The lowest BCUT2D eigenvalue weighted by Crippen LogP contribution is -2.48. The van der Waals surface area contributed by atoms with Crippen molar-refractivity contribution in [2.45, 2.75) is 26.5 Å². The summed E-state index contributed by atoms with van der Waals surface area (Å²) >= 11 is 8.06. The van der Waals surface area contributed by atoms with E-state index in [2.05, 4.69) is 38.4 Å². The van der Waals surface area contributed by atoms with Gasteiger partial charge in [-0.3, -0.25) is 9.59 Å². The smallest absolute Gasteiger partial charge is 0.262 e. The fourth-order valence-corrected chi connectivity index (χ4v) is 4.19. The van der Waals surface area contributed by atoms with Crippen molar-refractivity contribution in [1.82, 2.24) is 10.7 Å². The summed E-state index contributed by atoms with van der Waals surface area (Å²) in [5.41, 5.74) is 4.70. The number of carbonyl (C=O) groups is 2. The first kappa shape index (κ1) is 27.5. The highest BCUT2D eigenvalue weighted by atomic mass is 127. The van der Waals surface area contributed by atoms with Gasteiger partial charge >= 0.3 is 0 Å². The van der Waals surface area contributed by atoms with Gasteiger partial charge in [-0.15, -0.1) is 0 Å². The number of methoxy groups -OCH3 is 1. The van der Waals surface area contributed by atoms with E-state index in [4.69, 9.17) is 21.1 Å². The van der Waals surface area contributed by atoms with Crippen molar-refractivity contribution in [1.29, 1.82) is 0 Å². The average molecular weight is 620 g/mol. The van der Waals surface area contributed by atoms with Crippen LogP contribution in [0.2, 0.25) is 5.02 Å². The molecule has 7 nitrogen and oxygen atoms in total. The Kier molecular flexibility index (Phi) is 10.1. The highest BCUT2D eigenvalue weighted by Gasteiger charge is 2.24. The van der Waals surface area contributed by atoms with E-state index in [9.17, 15) is 9.59 Å². The van der Waals surface area contributed by atoms with E-state index in [1.807, 2.05) is 50.2 Å². The van der Waals surface area contributed by atoms with Gasteiger partial charge in [0.05, 0.1) is 16.9 Å². The van der Waals surface area contributed by atoms with Gasteiger partial charge in [0.2, 0.25) is 0 Å². The summed E-state index contributed by atoms with van der Waals surface area (Å²) in [5, 5.41) is 7.37. The number of rotatable bonds is 10. The van der Waals surface area contributed by atoms with Crippen LogP contribution in [0.3, 0.4) is 0 Å². The molecule has 1 atom stereocenters. The van der Waals surface area contributed by atoms with Crippen LogP contribution in [0.5, 0.6) is 11.5 Å². The Bertz CT molecular complexity index is 1220. The maximum Gasteiger partial charge on any atom is 0.262 e. The summed E-state index contributed by atoms with van der Waals surface area (Å²) in [6.45, 7) is 4.10. The maximum absolute atomic E-state index is 12.8. The van der Waals surface area contributed by atoms with Gasteiger partial charge in [-0.1, -0.05) is 55.8 Å². The van der Waals surface area contributed by atoms with Gasteiger partial charge in [0, 0.05) is 10.6 Å². The molecular formula is C27H27ClIN3O4. The standard InChI is InChI=1S/C27H27ClIN3O4/c1-17(2)24(31-26(33)20-9-11-21(28)12-10-20)27(34)32-30-15-19-13-22(29)25(23(14-19)35-3)36-16-18-7-5-4-6-8-18/h4-15,17,24H,16H2,1-3H3,(H,31,33)(H,32,34). The number of nitrogens with one attached hydrogen (secondary N) is 2. The Morgan fingerprint density at radius 3 is 2.42 bits per heavy atom. The van der Waals surface area contributed by atoms with Crippen LogP contribution in [0.15, 0.2) is 71.8 Å². The molecule has 2 N–H and O–H groups in total. The lowest BCUT2D eigenvalue weighted by atomic mass is 10.0. The molecule has 0 spiro atoms. The van der Waals surface area contributed by atoms with Crippen LogP contribution < -0.4 is 20.2 Å². The van der Waals surface area contributed by atoms with Crippen molar-refractivity contribution in [2.24, 2.45) is 11.0 Å². The highest BCUT2D eigenvalue weighted by Crippen LogP contribution is 2.34. The summed E-state index contributed by atoms with van der Waals surface area (Å²) in [6.07, 6.45) is 1.52. The van der Waals surface area contributed by atoms with Crippen molar-refractivity contribution < 1.29 is 19.1 Å². The fourth-order valence-electron chi connectivity index (χ4n) is 3.28. The van der Waals surface area contributed by atoms with Gasteiger partial charge in [-0.05, 0) is 76.0 Å². The zero-order chi connectivity index (χ0) is 26.1. The lowest BCUT2D eigenvalue weighted by molar-refractivity contribution is -0.123. The molecule has 0 aliphatic rings. The molecular weight excluding hydrogens is 593 g/mol. The average Bonchev–Trinajstić information content (AvgIpc) is 2.87. The van der Waals surface area contributed by atoms with Crippen LogP contribution >= 0.6 is 34.2 Å². The topological polar surface area (TPSA) is 89.0 Å². The second kappa shape index (κ2) is 13.3. The third kappa shape index (κ3) is 7.69. The Morgan fingerprint density at radius 1 is 1.08 bits per heavy atom. The minimum Gasteiger partial charge on any atom is -0.493 e. The quantitative estimate of drug-likeness (QED) is 0.180. The monoisotopic (exact) mass is 619 g/mol. The van der Waals surface area contributed by atoms with Crippen molar-refractivity contribution in [3.05, 3.63) is 92.0 Å². The molecule has 3 aromatic carbocycles. The van der Waals surface area contributed by atoms with E-state index in [1.54, 1.807) is 37.4 Å². The van der Waals surface area contributed by atoms with Crippen LogP contribution in [-0.4, -0.2) is 31.2 Å². The number of nitrogens with zero attached hydrogens (tertiary/aromatic N) is 1. The highest BCUT2D eigenvalue weighted by molar-refractivity contribution is 14.1. The molecule has 1 unspecified atom stereocenters. The van der Waals surface area contributed by atoms with Crippen LogP contribution in [0.4, 0.5) is 0 Å². The Labute approximate surface area is 229 Å². The number of benzene rings is 3. The molecule has 0 aromatic heterocycles. The van der Waals surface area contributed by atoms with E-state index in [0.29, 0.717) is 28.7 Å². The van der Waals surface area contributed by atoms with Gasteiger partial charge in [0.15, 0.2) is 11.5 Å². The lowest BCUT2D eigenvalue weighted by Gasteiger charge is -2.20. The van der Waals surface area contributed by atoms with Gasteiger partial charge < -0.3 is 14.8 Å². The van der Waals surface area contributed by atoms with Crippen molar-refractivity contribution in [3.8, 4) is 11.5 Å². The van der Waals surface area contributed by atoms with Crippen LogP contribution in [-0.2, 0) is 11.4 Å². The van der Waals surface area contributed by atoms with E-state index >= 15 is 0 Å². The normalized spacial score (nSPS) is 11.8. The first-order valence-electron chi connectivity index (χ1n) is 11.2. The Balaban J connectivity index is 1.65. The molecule has 0 radical (unpaired) electrons. The van der Waals surface area contributed by atoms with Gasteiger partial charge in [0.1, 0.15) is 12.6 Å². The SMILES string of the molecule is COc1cc(C=NNC(=O)C(NC(=O)c2ccc(Cl)cc2)C(C)C)cc(I)c1OCc1ccccc1. The number of hydrogen-bond donors (Lipinski definition) is 2. The first-order chi connectivity index (χ1) is 17.3. The fraction of sp³-hybridized carbons (Fsp3) is 0.222. The minimum absolute atomic E-state index is 0.154. The largest absolute Gasteiger partial charge is 0.493 e. The summed E-state index contributed by atoms with van der Waals surface area (Å²) in [7, 11) is 1.57. The molecule has 0 saturated carbocycles. The summed E-state index contributed by atoms with van der Waals surface area (Å²) in [6, 6.07) is 19.2. The molecule has 9 heteroatoms. The van der Waals surface area contributed by atoms with Gasteiger partial charge in [0.25, 0.3) is 11.8 Å². The predicted octanol–water partition coefficient (Wildman–Crippen LogP) is 5.44. The molecule has 0 aliphatic heterocycles. The van der Waals surface area contributed by atoms with Gasteiger partial charge in [-0.2, -0.15) is 5.10 Å². The molecule has 0 bridgehead atoms. The van der Waals surface area contributed by atoms with E-state index < -0.39 is 11.9 Å². The molecule has 2 amide bonds. The molecule has 36 heavy (non-hydrogen) atoms. The number of hydrogen-bond acceptors (Lipinski definition) is 5. The maximum atomic E-state index is 12.8. The zero-order valence-electron chi connectivity index (χ0n) is 20.1. The second-order valence-corrected chi connectivity index (χ2v) is 9.84. The molecule has 0 saturated heterocycles. The Morgan fingerprint density at radius 2 is 1.78 bits per heavy atom. The van der Waals surface area contributed by atoms with E-state index in [0.717, 1.165) is 14.7 Å². The zero-order valence-corrected chi connectivity index (χ0v) is 23.0. The first-order valence-corrected chi connectivity index (χ1v) is 12.7. The van der Waals surface area contributed by atoms with E-state index in [1.165, 1.54) is 6.21 Å². The number of amides is 2. The third-order valence-corrected chi connectivity index (χ3v) is 6.26. The number of hydrazone groups is 1. The van der Waals surface area contributed by atoms with Crippen molar-refractivity contribution in [3.63, 3.8) is 0 Å². The predicted molar refractivity (Wildman–Crippen MR) is 150 cm³/mol. The molecule has 0 heterocycles. The molecule has 0 aliphatic carbocycles. The van der Waals surface area contributed by atoms with E-state index in [-0.39, 0.29) is 11.8 Å².